The number of hydrogen-bond acceptors (Lipinski definition) is 4. The summed E-state index contributed by atoms with van der Waals surface area (Å²) in [5.41, 5.74) is 2.97. The summed E-state index contributed by atoms with van der Waals surface area (Å²) in [4.78, 5) is 0. The van der Waals surface area contributed by atoms with E-state index in [2.05, 4.69) is 0 Å². The Balaban J connectivity index is 2.62. The molecule has 0 saturated carbocycles. The van der Waals surface area contributed by atoms with Gasteiger partial charge in [0, 0.05) is 12.7 Å². The van der Waals surface area contributed by atoms with Crippen molar-refractivity contribution in [1.82, 2.24) is 5.48 Å². The van der Waals surface area contributed by atoms with Gasteiger partial charge in [0.25, 0.3) is 0 Å². The molecule has 4 nitrogen and oxygen atoms in total. The van der Waals surface area contributed by atoms with Crippen molar-refractivity contribution in [2.24, 2.45) is 0 Å². The molecule has 1 rings (SSSR count). The van der Waals surface area contributed by atoms with Crippen molar-refractivity contribution in [2.45, 2.75) is 13.2 Å². The zero-order valence-electron chi connectivity index (χ0n) is 6.33. The monoisotopic (exact) mass is 157 g/mol. The Morgan fingerprint density at radius 2 is 2.55 bits per heavy atom. The van der Waals surface area contributed by atoms with E-state index in [1.807, 2.05) is 11.5 Å². The highest BCUT2D eigenvalue weighted by molar-refractivity contribution is 5.15. The predicted octanol–water partition coefficient (Wildman–Crippen LogP) is 0.905. The van der Waals surface area contributed by atoms with Gasteiger partial charge in [0.05, 0.1) is 19.4 Å². The first-order valence-electron chi connectivity index (χ1n) is 3.29. The van der Waals surface area contributed by atoms with Crippen LogP contribution in [0.25, 0.3) is 0 Å². The number of ether oxygens (including phenoxy) is 1. The summed E-state index contributed by atoms with van der Waals surface area (Å²) >= 11 is 0. The molecule has 0 fully saturated rings. The highest BCUT2D eigenvalue weighted by atomic mass is 16.5. The molecule has 1 aromatic heterocycles. The quantitative estimate of drug-likeness (QED) is 0.638. The average Bonchev–Trinajstić information content (AvgIpc) is 2.39. The van der Waals surface area contributed by atoms with Crippen LogP contribution in [-0.4, -0.2) is 12.3 Å². The van der Waals surface area contributed by atoms with Crippen LogP contribution in [0.1, 0.15) is 11.3 Å². The van der Waals surface area contributed by atoms with Crippen LogP contribution in [-0.2, 0) is 17.9 Å². The van der Waals surface area contributed by atoms with Crippen molar-refractivity contribution in [3.8, 4) is 0 Å². The van der Waals surface area contributed by atoms with Gasteiger partial charge in [-0.15, -0.1) is 0 Å². The van der Waals surface area contributed by atoms with Gasteiger partial charge < -0.3 is 14.4 Å². The van der Waals surface area contributed by atoms with Crippen molar-refractivity contribution in [1.29, 1.82) is 0 Å². The molecule has 0 radical (unpaired) electrons. The first-order valence-corrected chi connectivity index (χ1v) is 3.29. The zero-order chi connectivity index (χ0) is 8.10. The summed E-state index contributed by atoms with van der Waals surface area (Å²) < 4.78 is 9.96. The van der Waals surface area contributed by atoms with Crippen LogP contribution in [0.2, 0.25) is 0 Å². The molecular formula is C7H11NO3. The maximum atomic E-state index is 8.38. The van der Waals surface area contributed by atoms with Crippen molar-refractivity contribution in [2.75, 3.05) is 7.11 Å². The van der Waals surface area contributed by atoms with Crippen molar-refractivity contribution < 1.29 is 14.4 Å². The van der Waals surface area contributed by atoms with Gasteiger partial charge in [-0.1, -0.05) is 0 Å². The van der Waals surface area contributed by atoms with Gasteiger partial charge in [-0.25, -0.2) is 0 Å². The molecule has 0 aromatic carbocycles. The second kappa shape index (κ2) is 4.12. The third-order valence-electron chi connectivity index (χ3n) is 1.38. The molecular weight excluding hydrogens is 146 g/mol. The van der Waals surface area contributed by atoms with Crippen LogP contribution < -0.4 is 5.48 Å². The van der Waals surface area contributed by atoms with E-state index in [1.54, 1.807) is 13.4 Å². The van der Waals surface area contributed by atoms with Crippen LogP contribution in [0.15, 0.2) is 16.7 Å². The standard InChI is InChI=1S/C7H11NO3/c1-10-5-6-2-3-11-7(6)4-8-9/h2-3,8-9H,4-5H2,1H3. The third-order valence-corrected chi connectivity index (χ3v) is 1.38. The normalized spacial score (nSPS) is 10.4. The average molecular weight is 157 g/mol. The molecule has 62 valence electrons. The maximum absolute atomic E-state index is 8.38. The van der Waals surface area contributed by atoms with Gasteiger partial charge in [-0.05, 0) is 6.07 Å². The maximum Gasteiger partial charge on any atom is 0.125 e. The molecule has 1 aromatic rings. The zero-order valence-corrected chi connectivity index (χ0v) is 6.33. The fourth-order valence-electron chi connectivity index (χ4n) is 0.878. The van der Waals surface area contributed by atoms with Crippen molar-refractivity contribution >= 4 is 0 Å². The summed E-state index contributed by atoms with van der Waals surface area (Å²) in [5, 5.41) is 8.38. The minimum atomic E-state index is 0.311. The third kappa shape index (κ3) is 2.04. The molecule has 0 spiro atoms. The second-order valence-corrected chi connectivity index (χ2v) is 2.14. The minimum Gasteiger partial charge on any atom is -0.468 e. The molecule has 1 heterocycles. The minimum absolute atomic E-state index is 0.311. The first kappa shape index (κ1) is 8.26. The molecule has 0 saturated heterocycles. The summed E-state index contributed by atoms with van der Waals surface area (Å²) in [5.74, 6) is 0.703. The molecule has 0 unspecified atom stereocenters. The molecule has 0 bridgehead atoms. The molecule has 0 atom stereocenters. The van der Waals surface area contributed by atoms with Gasteiger partial charge >= 0.3 is 0 Å². The Hall–Kier alpha value is -0.840. The summed E-state index contributed by atoms with van der Waals surface area (Å²) in [6.45, 7) is 0.819. The summed E-state index contributed by atoms with van der Waals surface area (Å²) in [6.07, 6.45) is 1.57. The number of hydroxylamine groups is 1. The van der Waals surface area contributed by atoms with Crippen molar-refractivity contribution in [3.05, 3.63) is 23.7 Å². The molecule has 2 N–H and O–H groups in total. The van der Waals surface area contributed by atoms with Crippen LogP contribution in [0.4, 0.5) is 0 Å². The Kier molecular flexibility index (Phi) is 3.10. The van der Waals surface area contributed by atoms with E-state index in [-0.39, 0.29) is 0 Å². The molecule has 0 aliphatic carbocycles. The summed E-state index contributed by atoms with van der Waals surface area (Å²) in [7, 11) is 1.61. The molecule has 4 heteroatoms. The highest BCUT2D eigenvalue weighted by Gasteiger charge is 2.03. The molecule has 0 aliphatic heterocycles. The Morgan fingerprint density at radius 1 is 1.73 bits per heavy atom. The van der Waals surface area contributed by atoms with Gasteiger partial charge in [0.15, 0.2) is 0 Å². The largest absolute Gasteiger partial charge is 0.468 e. The van der Waals surface area contributed by atoms with Gasteiger partial charge in [-0.3, -0.25) is 0 Å². The van der Waals surface area contributed by atoms with Crippen LogP contribution >= 0.6 is 0 Å². The van der Waals surface area contributed by atoms with Crippen LogP contribution in [0, 0.1) is 0 Å². The van der Waals surface area contributed by atoms with Gasteiger partial charge in [0.2, 0.25) is 0 Å². The lowest BCUT2D eigenvalue weighted by Crippen LogP contribution is -2.07. The topological polar surface area (TPSA) is 54.6 Å². The van der Waals surface area contributed by atoms with Gasteiger partial charge in [0.1, 0.15) is 5.76 Å². The van der Waals surface area contributed by atoms with Crippen LogP contribution in [0.5, 0.6) is 0 Å². The smallest absolute Gasteiger partial charge is 0.125 e. The van der Waals surface area contributed by atoms with E-state index >= 15 is 0 Å². The van der Waals surface area contributed by atoms with E-state index in [1.165, 1.54) is 0 Å². The van der Waals surface area contributed by atoms with E-state index in [9.17, 15) is 0 Å². The van der Waals surface area contributed by atoms with Crippen molar-refractivity contribution in [3.63, 3.8) is 0 Å². The van der Waals surface area contributed by atoms with E-state index in [0.29, 0.717) is 18.9 Å². The lowest BCUT2D eigenvalue weighted by Gasteiger charge is -1.98. The fourth-order valence-corrected chi connectivity index (χ4v) is 0.878. The summed E-state index contributed by atoms with van der Waals surface area (Å²) in [6, 6.07) is 1.82. The number of nitrogens with one attached hydrogen (secondary N) is 1. The molecule has 11 heavy (non-hydrogen) atoms. The first-order chi connectivity index (χ1) is 5.38. The second-order valence-electron chi connectivity index (χ2n) is 2.14. The Labute approximate surface area is 64.7 Å². The lowest BCUT2D eigenvalue weighted by atomic mass is 10.2. The van der Waals surface area contributed by atoms with E-state index in [0.717, 1.165) is 5.56 Å². The Morgan fingerprint density at radius 3 is 3.18 bits per heavy atom. The molecule has 0 amide bonds. The SMILES string of the molecule is COCc1ccoc1CNO. The highest BCUT2D eigenvalue weighted by Crippen LogP contribution is 2.10. The van der Waals surface area contributed by atoms with Crippen LogP contribution in [0.3, 0.4) is 0 Å². The van der Waals surface area contributed by atoms with Gasteiger partial charge in [-0.2, -0.15) is 5.48 Å². The number of furan rings is 1. The molecule has 0 aliphatic rings. The fraction of sp³-hybridized carbons (Fsp3) is 0.429. The Bertz CT molecular complexity index is 189. The lowest BCUT2D eigenvalue weighted by molar-refractivity contribution is 0.149. The number of methoxy groups -OCH3 is 1. The van der Waals surface area contributed by atoms with E-state index in [4.69, 9.17) is 14.4 Å². The number of hydrogen-bond donors (Lipinski definition) is 2. The van der Waals surface area contributed by atoms with E-state index < -0.39 is 0 Å². The predicted molar refractivity (Wildman–Crippen MR) is 38.0 cm³/mol. The number of rotatable bonds is 4.